The van der Waals surface area contributed by atoms with Crippen LogP contribution in [0, 0.1) is 0 Å². The van der Waals surface area contributed by atoms with E-state index in [1.54, 1.807) is 0 Å². The molecule has 0 aliphatic heterocycles. The smallest absolute Gasteiger partial charge is 0.0361 e. The lowest BCUT2D eigenvalue weighted by molar-refractivity contribution is 0.721. The van der Waals surface area contributed by atoms with Gasteiger partial charge in [-0.15, -0.1) is 0 Å². The van der Waals surface area contributed by atoms with Crippen LogP contribution in [0.1, 0.15) is 34.7 Å². The van der Waals surface area contributed by atoms with E-state index < -0.39 is 0 Å². The second-order valence-electron chi connectivity index (χ2n) is 6.25. The minimum Gasteiger partial charge on any atom is -0.378 e. The summed E-state index contributed by atoms with van der Waals surface area (Å²) in [6, 6.07) is 15.5. The van der Waals surface area contributed by atoms with Gasteiger partial charge in [-0.25, -0.2) is 0 Å². The monoisotopic (exact) mass is 280 g/mol. The van der Waals surface area contributed by atoms with Gasteiger partial charge in [-0.05, 0) is 60.1 Å². The molecule has 0 bridgehead atoms. The Hall–Kier alpha value is -1.80. The third kappa shape index (κ3) is 3.11. The van der Waals surface area contributed by atoms with Crippen molar-refractivity contribution in [3.63, 3.8) is 0 Å². The lowest BCUT2D eigenvalue weighted by Crippen LogP contribution is -2.14. The third-order valence-corrected chi connectivity index (χ3v) is 4.46. The molecule has 2 aromatic rings. The van der Waals surface area contributed by atoms with Gasteiger partial charge < -0.3 is 10.6 Å². The predicted octanol–water partition coefficient (Wildman–Crippen LogP) is 3.48. The van der Waals surface area contributed by atoms with Crippen LogP contribution in [-0.4, -0.2) is 14.1 Å². The first-order valence-electron chi connectivity index (χ1n) is 7.77. The molecule has 1 aliphatic carbocycles. The van der Waals surface area contributed by atoms with Crippen LogP contribution in [0.2, 0.25) is 0 Å². The Kier molecular flexibility index (Phi) is 3.98. The predicted molar refractivity (Wildman–Crippen MR) is 89.9 cm³/mol. The molecular weight excluding hydrogens is 256 g/mol. The van der Waals surface area contributed by atoms with Gasteiger partial charge in [-0.1, -0.05) is 30.3 Å². The van der Waals surface area contributed by atoms with Crippen molar-refractivity contribution in [1.82, 2.24) is 0 Å². The molecule has 1 atom stereocenters. The number of hydrogen-bond donors (Lipinski definition) is 1. The number of anilines is 1. The summed E-state index contributed by atoms with van der Waals surface area (Å²) in [6.45, 7) is 0. The number of nitrogens with two attached hydrogens (primary N) is 1. The van der Waals surface area contributed by atoms with E-state index in [1.165, 1.54) is 47.2 Å². The first-order chi connectivity index (χ1) is 10.1. The van der Waals surface area contributed by atoms with Gasteiger partial charge in [0.25, 0.3) is 0 Å². The zero-order chi connectivity index (χ0) is 14.8. The lowest BCUT2D eigenvalue weighted by Gasteiger charge is -2.16. The molecule has 3 rings (SSSR count). The van der Waals surface area contributed by atoms with Gasteiger partial charge in [0.05, 0.1) is 0 Å². The molecule has 0 aromatic heterocycles. The molecular formula is C19H24N2. The average molecular weight is 280 g/mol. The molecule has 0 spiro atoms. The summed E-state index contributed by atoms with van der Waals surface area (Å²) in [5.74, 6) is 0. The second-order valence-corrected chi connectivity index (χ2v) is 6.25. The second kappa shape index (κ2) is 5.90. The Bertz CT molecular complexity index is 614. The molecule has 0 saturated heterocycles. The molecule has 21 heavy (non-hydrogen) atoms. The molecule has 0 fully saturated rings. The number of nitrogens with zero attached hydrogens (tertiary/aromatic N) is 1. The maximum atomic E-state index is 6.38. The van der Waals surface area contributed by atoms with Crippen LogP contribution in [0.5, 0.6) is 0 Å². The summed E-state index contributed by atoms with van der Waals surface area (Å²) in [5.41, 5.74) is 13.2. The van der Waals surface area contributed by atoms with Crippen molar-refractivity contribution in [3.05, 3.63) is 64.7 Å². The van der Waals surface area contributed by atoms with Crippen LogP contribution in [0.3, 0.4) is 0 Å². The Labute approximate surface area is 127 Å². The van der Waals surface area contributed by atoms with Gasteiger partial charge in [-0.2, -0.15) is 0 Å². The summed E-state index contributed by atoms with van der Waals surface area (Å²) in [7, 11) is 4.11. The summed E-state index contributed by atoms with van der Waals surface area (Å²) >= 11 is 0. The third-order valence-electron chi connectivity index (χ3n) is 4.46. The summed E-state index contributed by atoms with van der Waals surface area (Å²) in [4.78, 5) is 2.11. The van der Waals surface area contributed by atoms with Crippen LogP contribution >= 0.6 is 0 Å². The molecule has 0 amide bonds. The maximum Gasteiger partial charge on any atom is 0.0361 e. The topological polar surface area (TPSA) is 29.3 Å². The number of aryl methyl sites for hydroxylation is 2. The number of fused-ring (bicyclic) bond motifs is 1. The van der Waals surface area contributed by atoms with E-state index in [1.807, 2.05) is 0 Å². The highest BCUT2D eigenvalue weighted by molar-refractivity contribution is 5.46. The number of rotatable bonds is 4. The van der Waals surface area contributed by atoms with Crippen molar-refractivity contribution in [1.29, 1.82) is 0 Å². The minimum atomic E-state index is 0.0701. The standard InChI is InChI=1S/C19H24N2/c1-21(2)18-10-8-16(9-11-18)19(20)13-14-6-7-15-4-3-5-17(15)12-14/h6-12,19H,3-5,13,20H2,1-2H3. The molecule has 0 saturated carbocycles. The first kappa shape index (κ1) is 14.2. The Morgan fingerprint density at radius 1 is 1.00 bits per heavy atom. The first-order valence-corrected chi connectivity index (χ1v) is 7.77. The average Bonchev–Trinajstić information content (AvgIpc) is 2.95. The maximum absolute atomic E-state index is 6.38. The van der Waals surface area contributed by atoms with Crippen molar-refractivity contribution in [2.24, 2.45) is 5.73 Å². The van der Waals surface area contributed by atoms with Crippen LogP contribution in [0.25, 0.3) is 0 Å². The van der Waals surface area contributed by atoms with Crippen molar-refractivity contribution < 1.29 is 0 Å². The largest absolute Gasteiger partial charge is 0.378 e. The fraction of sp³-hybridized carbons (Fsp3) is 0.368. The lowest BCUT2D eigenvalue weighted by atomic mass is 9.97. The van der Waals surface area contributed by atoms with Gasteiger partial charge in [0.2, 0.25) is 0 Å². The molecule has 2 nitrogen and oxygen atoms in total. The zero-order valence-electron chi connectivity index (χ0n) is 13.0. The summed E-state index contributed by atoms with van der Waals surface area (Å²) < 4.78 is 0. The van der Waals surface area contributed by atoms with E-state index in [0.717, 1.165) is 6.42 Å². The Morgan fingerprint density at radius 3 is 2.43 bits per heavy atom. The summed E-state index contributed by atoms with van der Waals surface area (Å²) in [5, 5.41) is 0. The molecule has 0 radical (unpaired) electrons. The zero-order valence-corrected chi connectivity index (χ0v) is 13.0. The van der Waals surface area contributed by atoms with E-state index in [2.05, 4.69) is 61.5 Å². The van der Waals surface area contributed by atoms with Gasteiger partial charge in [-0.3, -0.25) is 0 Å². The molecule has 2 heteroatoms. The number of benzene rings is 2. The normalized spacial score (nSPS) is 14.8. The highest BCUT2D eigenvalue weighted by Gasteiger charge is 2.13. The van der Waals surface area contributed by atoms with Crippen molar-refractivity contribution >= 4 is 5.69 Å². The van der Waals surface area contributed by atoms with Crippen molar-refractivity contribution in [2.75, 3.05) is 19.0 Å². The van der Waals surface area contributed by atoms with Gasteiger partial charge in [0.1, 0.15) is 0 Å². The molecule has 2 aromatic carbocycles. The van der Waals surface area contributed by atoms with Crippen molar-refractivity contribution in [2.45, 2.75) is 31.7 Å². The van der Waals surface area contributed by atoms with E-state index >= 15 is 0 Å². The fourth-order valence-corrected chi connectivity index (χ4v) is 3.14. The molecule has 2 N–H and O–H groups in total. The SMILES string of the molecule is CN(C)c1ccc(C(N)Cc2ccc3c(c2)CCC3)cc1. The van der Waals surface area contributed by atoms with Gasteiger partial charge in [0.15, 0.2) is 0 Å². The van der Waals surface area contributed by atoms with Crippen LogP contribution in [0.4, 0.5) is 5.69 Å². The van der Waals surface area contributed by atoms with E-state index in [-0.39, 0.29) is 6.04 Å². The molecule has 1 aliphatic rings. The molecule has 0 heterocycles. The van der Waals surface area contributed by atoms with E-state index in [9.17, 15) is 0 Å². The molecule has 1 unspecified atom stereocenters. The van der Waals surface area contributed by atoms with Gasteiger partial charge >= 0.3 is 0 Å². The Morgan fingerprint density at radius 2 is 1.71 bits per heavy atom. The Balaban J connectivity index is 1.72. The minimum absolute atomic E-state index is 0.0701. The van der Waals surface area contributed by atoms with Crippen LogP contribution in [0.15, 0.2) is 42.5 Å². The van der Waals surface area contributed by atoms with E-state index in [4.69, 9.17) is 5.73 Å². The fourth-order valence-electron chi connectivity index (χ4n) is 3.14. The summed E-state index contributed by atoms with van der Waals surface area (Å²) in [6.07, 6.45) is 4.69. The molecule has 110 valence electrons. The van der Waals surface area contributed by atoms with Gasteiger partial charge in [0, 0.05) is 25.8 Å². The van der Waals surface area contributed by atoms with Crippen LogP contribution in [-0.2, 0) is 19.3 Å². The quantitative estimate of drug-likeness (QED) is 0.929. The highest BCUT2D eigenvalue weighted by atomic mass is 15.1. The highest BCUT2D eigenvalue weighted by Crippen LogP contribution is 2.25. The van der Waals surface area contributed by atoms with E-state index in [0.29, 0.717) is 0 Å². The number of hydrogen-bond acceptors (Lipinski definition) is 2. The van der Waals surface area contributed by atoms with Crippen LogP contribution < -0.4 is 10.6 Å². The van der Waals surface area contributed by atoms with Crippen molar-refractivity contribution in [3.8, 4) is 0 Å².